The number of rotatable bonds is 6. The van der Waals surface area contributed by atoms with E-state index in [2.05, 4.69) is 27.0 Å². The normalized spacial score (nSPS) is 29.1. The molecular formula is C21H40N4O2. The van der Waals surface area contributed by atoms with E-state index in [0.29, 0.717) is 18.2 Å². The summed E-state index contributed by atoms with van der Waals surface area (Å²) in [6.45, 7) is 9.41. The van der Waals surface area contributed by atoms with Gasteiger partial charge in [-0.05, 0) is 58.0 Å². The second kappa shape index (κ2) is 11.2. The number of ether oxygens (including phenoxy) is 2. The van der Waals surface area contributed by atoms with Gasteiger partial charge in [-0.15, -0.1) is 0 Å². The zero-order valence-electron chi connectivity index (χ0n) is 17.5. The fourth-order valence-electron chi connectivity index (χ4n) is 4.67. The minimum absolute atomic E-state index is 0.322. The lowest BCUT2D eigenvalue weighted by Gasteiger charge is -2.38. The van der Waals surface area contributed by atoms with Gasteiger partial charge in [0.1, 0.15) is 0 Å². The molecule has 0 aliphatic carbocycles. The molecule has 156 valence electrons. The number of hydrogen-bond acceptors (Lipinski definition) is 4. The van der Waals surface area contributed by atoms with Crippen LogP contribution in [0.4, 0.5) is 0 Å². The third kappa shape index (κ3) is 6.33. The molecule has 3 rings (SSSR count). The third-order valence-electron chi connectivity index (χ3n) is 6.40. The van der Waals surface area contributed by atoms with Gasteiger partial charge in [-0.2, -0.15) is 0 Å². The molecule has 0 bridgehead atoms. The first-order valence-corrected chi connectivity index (χ1v) is 11.2. The van der Waals surface area contributed by atoms with Gasteiger partial charge in [0.15, 0.2) is 5.96 Å². The number of piperidine rings is 2. The molecule has 6 nitrogen and oxygen atoms in total. The van der Waals surface area contributed by atoms with Crippen molar-refractivity contribution in [2.24, 2.45) is 4.99 Å². The van der Waals surface area contributed by atoms with Gasteiger partial charge in [-0.1, -0.05) is 13.3 Å². The molecule has 0 radical (unpaired) electrons. The van der Waals surface area contributed by atoms with Crippen molar-refractivity contribution in [3.8, 4) is 0 Å². The van der Waals surface area contributed by atoms with Crippen LogP contribution in [0.15, 0.2) is 4.99 Å². The quantitative estimate of drug-likeness (QED) is 0.567. The Morgan fingerprint density at radius 3 is 2.59 bits per heavy atom. The summed E-state index contributed by atoms with van der Waals surface area (Å²) < 4.78 is 11.9. The van der Waals surface area contributed by atoms with Crippen molar-refractivity contribution in [2.45, 2.75) is 76.5 Å². The van der Waals surface area contributed by atoms with Gasteiger partial charge in [-0.3, -0.25) is 9.89 Å². The number of nitrogens with one attached hydrogen (secondary N) is 1. The molecular weight excluding hydrogens is 340 g/mol. The van der Waals surface area contributed by atoms with Crippen LogP contribution in [0, 0.1) is 0 Å². The highest BCUT2D eigenvalue weighted by Crippen LogP contribution is 2.19. The van der Waals surface area contributed by atoms with Crippen LogP contribution in [-0.4, -0.2) is 87.0 Å². The van der Waals surface area contributed by atoms with E-state index in [1.54, 1.807) is 0 Å². The summed E-state index contributed by atoms with van der Waals surface area (Å²) in [7, 11) is 1.91. The van der Waals surface area contributed by atoms with Crippen molar-refractivity contribution < 1.29 is 9.47 Å². The van der Waals surface area contributed by atoms with Gasteiger partial charge in [0.05, 0.1) is 18.8 Å². The van der Waals surface area contributed by atoms with Gasteiger partial charge in [-0.25, -0.2) is 0 Å². The highest BCUT2D eigenvalue weighted by Gasteiger charge is 2.25. The Morgan fingerprint density at radius 1 is 1.07 bits per heavy atom. The average molecular weight is 381 g/mol. The molecule has 0 spiro atoms. The molecule has 3 heterocycles. The van der Waals surface area contributed by atoms with Gasteiger partial charge < -0.3 is 19.7 Å². The Balaban J connectivity index is 1.36. The van der Waals surface area contributed by atoms with Crippen LogP contribution in [0.2, 0.25) is 0 Å². The summed E-state index contributed by atoms with van der Waals surface area (Å²) in [5, 5.41) is 3.65. The summed E-state index contributed by atoms with van der Waals surface area (Å²) >= 11 is 0. The predicted octanol–water partition coefficient (Wildman–Crippen LogP) is 2.49. The number of likely N-dealkylation sites (tertiary alicyclic amines) is 2. The maximum Gasteiger partial charge on any atom is 0.193 e. The number of guanidine groups is 1. The van der Waals surface area contributed by atoms with Crippen molar-refractivity contribution in [3.05, 3.63) is 0 Å². The monoisotopic (exact) mass is 380 g/mol. The van der Waals surface area contributed by atoms with Crippen molar-refractivity contribution in [1.29, 1.82) is 0 Å². The molecule has 27 heavy (non-hydrogen) atoms. The van der Waals surface area contributed by atoms with Crippen LogP contribution in [-0.2, 0) is 9.47 Å². The average Bonchev–Trinajstić information content (AvgIpc) is 2.74. The second-order valence-corrected chi connectivity index (χ2v) is 8.21. The van der Waals surface area contributed by atoms with E-state index < -0.39 is 0 Å². The number of hydrogen-bond donors (Lipinski definition) is 1. The first-order chi connectivity index (χ1) is 13.3. The largest absolute Gasteiger partial charge is 0.376 e. The number of likely N-dealkylation sites (N-methyl/N-ethyl adjacent to an activating group) is 1. The Bertz CT molecular complexity index is 445. The molecule has 2 unspecified atom stereocenters. The van der Waals surface area contributed by atoms with Crippen LogP contribution in [0.5, 0.6) is 0 Å². The molecule has 3 aliphatic rings. The van der Waals surface area contributed by atoms with Crippen molar-refractivity contribution >= 4 is 5.96 Å². The molecule has 2 atom stereocenters. The predicted molar refractivity (Wildman–Crippen MR) is 110 cm³/mol. The van der Waals surface area contributed by atoms with Gasteiger partial charge in [0.2, 0.25) is 0 Å². The fourth-order valence-corrected chi connectivity index (χ4v) is 4.67. The highest BCUT2D eigenvalue weighted by atomic mass is 16.5. The lowest BCUT2D eigenvalue weighted by Crippen LogP contribution is -2.52. The standard InChI is InChI=1S/C21H40N4O2/c1-3-24-12-6-4-8-18(24)16-23-21(22-2)25-13-10-19(11-14-25)27-17-20-9-5-7-15-26-20/h18-20H,3-17H2,1-2H3,(H,22,23). The highest BCUT2D eigenvalue weighted by molar-refractivity contribution is 5.80. The van der Waals surface area contributed by atoms with Crippen LogP contribution in [0.3, 0.4) is 0 Å². The molecule has 0 saturated carbocycles. The van der Waals surface area contributed by atoms with E-state index in [0.717, 1.165) is 64.6 Å². The second-order valence-electron chi connectivity index (χ2n) is 8.21. The van der Waals surface area contributed by atoms with E-state index in [1.165, 1.54) is 38.6 Å². The molecule has 3 fully saturated rings. The van der Waals surface area contributed by atoms with Gasteiger partial charge in [0, 0.05) is 39.3 Å². The maximum atomic E-state index is 6.15. The minimum Gasteiger partial charge on any atom is -0.376 e. The van der Waals surface area contributed by atoms with E-state index in [9.17, 15) is 0 Å². The van der Waals surface area contributed by atoms with E-state index >= 15 is 0 Å². The van der Waals surface area contributed by atoms with Crippen LogP contribution < -0.4 is 5.32 Å². The first kappa shape index (κ1) is 20.9. The van der Waals surface area contributed by atoms with Crippen molar-refractivity contribution in [3.63, 3.8) is 0 Å². The molecule has 3 saturated heterocycles. The third-order valence-corrected chi connectivity index (χ3v) is 6.40. The van der Waals surface area contributed by atoms with E-state index in [1.807, 2.05) is 7.05 Å². The van der Waals surface area contributed by atoms with Crippen LogP contribution in [0.1, 0.15) is 58.3 Å². The lowest BCUT2D eigenvalue weighted by molar-refractivity contribution is -0.0721. The Labute approximate surface area is 165 Å². The lowest BCUT2D eigenvalue weighted by atomic mass is 10.0. The molecule has 0 aromatic heterocycles. The fraction of sp³-hybridized carbons (Fsp3) is 0.952. The maximum absolute atomic E-state index is 6.15. The SMILES string of the molecule is CCN1CCCCC1CNC(=NC)N1CCC(OCC2CCCCO2)CC1. The van der Waals surface area contributed by atoms with Crippen molar-refractivity contribution in [1.82, 2.24) is 15.1 Å². The summed E-state index contributed by atoms with van der Waals surface area (Å²) in [4.78, 5) is 9.55. The van der Waals surface area contributed by atoms with Gasteiger partial charge in [0.25, 0.3) is 0 Å². The van der Waals surface area contributed by atoms with E-state index in [4.69, 9.17) is 9.47 Å². The van der Waals surface area contributed by atoms with Gasteiger partial charge >= 0.3 is 0 Å². The molecule has 6 heteroatoms. The minimum atomic E-state index is 0.322. The molecule has 0 aromatic rings. The molecule has 1 N–H and O–H groups in total. The summed E-state index contributed by atoms with van der Waals surface area (Å²) in [5.74, 6) is 1.06. The van der Waals surface area contributed by atoms with Crippen LogP contribution in [0.25, 0.3) is 0 Å². The summed E-state index contributed by atoms with van der Waals surface area (Å²) in [5.41, 5.74) is 0. The molecule has 0 aromatic carbocycles. The zero-order chi connectivity index (χ0) is 18.9. The van der Waals surface area contributed by atoms with E-state index in [-0.39, 0.29) is 0 Å². The summed E-state index contributed by atoms with van der Waals surface area (Å²) in [6, 6.07) is 0.650. The van der Waals surface area contributed by atoms with Crippen molar-refractivity contribution in [2.75, 3.05) is 53.0 Å². The smallest absolute Gasteiger partial charge is 0.193 e. The zero-order valence-corrected chi connectivity index (χ0v) is 17.5. The first-order valence-electron chi connectivity index (χ1n) is 11.2. The number of nitrogens with zero attached hydrogens (tertiary/aromatic N) is 3. The van der Waals surface area contributed by atoms with Crippen LogP contribution >= 0.6 is 0 Å². The Morgan fingerprint density at radius 2 is 1.89 bits per heavy atom. The summed E-state index contributed by atoms with van der Waals surface area (Å²) in [6.07, 6.45) is 10.5. The molecule has 0 amide bonds. The molecule has 3 aliphatic heterocycles. The number of aliphatic imine (C=N–C) groups is 1. The topological polar surface area (TPSA) is 49.3 Å². The Kier molecular flexibility index (Phi) is 8.68. The Hall–Kier alpha value is -0.850.